The van der Waals surface area contributed by atoms with Crippen molar-refractivity contribution in [3.63, 3.8) is 0 Å². The van der Waals surface area contributed by atoms with Crippen molar-refractivity contribution < 1.29 is 19.4 Å². The van der Waals surface area contributed by atoms with Gasteiger partial charge in [0.1, 0.15) is 0 Å². The van der Waals surface area contributed by atoms with E-state index in [0.29, 0.717) is 18.6 Å². The number of amides is 1. The molecule has 2 N–H and O–H groups in total. The van der Waals surface area contributed by atoms with Crippen LogP contribution in [0.1, 0.15) is 31.4 Å². The monoisotopic (exact) mass is 277 g/mol. The lowest BCUT2D eigenvalue weighted by molar-refractivity contribution is -0.143. The highest BCUT2D eigenvalue weighted by molar-refractivity contribution is 5.86. The van der Waals surface area contributed by atoms with E-state index in [1.165, 1.54) is 0 Å². The van der Waals surface area contributed by atoms with E-state index in [2.05, 4.69) is 5.32 Å². The van der Waals surface area contributed by atoms with E-state index in [9.17, 15) is 14.7 Å². The van der Waals surface area contributed by atoms with Crippen molar-refractivity contribution in [2.75, 3.05) is 6.61 Å². The number of carboxylic acids is 1. The standard InChI is InChI=1S/C15H19NO4/c1-2-12-11(8-9-20-12)14(17)16-13(15(18)19)10-6-4-3-5-7-10/h3-7,11-13H,2,8-9H2,1H3,(H,16,17)(H,18,19). The fourth-order valence-electron chi connectivity index (χ4n) is 2.53. The summed E-state index contributed by atoms with van der Waals surface area (Å²) in [6.07, 6.45) is 1.28. The molecule has 1 aromatic carbocycles. The molecular formula is C15H19NO4. The van der Waals surface area contributed by atoms with Gasteiger partial charge in [-0.1, -0.05) is 37.3 Å². The SMILES string of the molecule is CCC1OCCC1C(=O)NC(C(=O)O)c1ccccc1. The Morgan fingerprint density at radius 3 is 2.70 bits per heavy atom. The van der Waals surface area contributed by atoms with Crippen molar-refractivity contribution in [2.45, 2.75) is 31.9 Å². The third-order valence-corrected chi connectivity index (χ3v) is 3.62. The van der Waals surface area contributed by atoms with Crippen molar-refractivity contribution in [3.05, 3.63) is 35.9 Å². The number of benzene rings is 1. The number of aliphatic carboxylic acids is 1. The van der Waals surface area contributed by atoms with Crippen LogP contribution < -0.4 is 5.32 Å². The Bertz CT molecular complexity index is 474. The number of hydrogen-bond acceptors (Lipinski definition) is 3. The summed E-state index contributed by atoms with van der Waals surface area (Å²) in [7, 11) is 0. The van der Waals surface area contributed by atoms with Gasteiger partial charge in [-0.25, -0.2) is 4.79 Å². The molecule has 0 aliphatic carbocycles. The molecule has 1 aromatic rings. The molecule has 0 aromatic heterocycles. The highest BCUT2D eigenvalue weighted by Crippen LogP contribution is 2.24. The molecule has 3 atom stereocenters. The third kappa shape index (κ3) is 3.17. The van der Waals surface area contributed by atoms with Crippen LogP contribution in [-0.2, 0) is 14.3 Å². The van der Waals surface area contributed by atoms with Crippen LogP contribution in [0.3, 0.4) is 0 Å². The van der Waals surface area contributed by atoms with Crippen molar-refractivity contribution in [3.8, 4) is 0 Å². The normalized spacial score (nSPS) is 23.2. The molecule has 1 aliphatic heterocycles. The van der Waals surface area contributed by atoms with E-state index in [4.69, 9.17) is 4.74 Å². The molecule has 0 bridgehead atoms. The van der Waals surface area contributed by atoms with Gasteiger partial charge in [-0.05, 0) is 18.4 Å². The van der Waals surface area contributed by atoms with Crippen LogP contribution in [0.5, 0.6) is 0 Å². The first kappa shape index (κ1) is 14.5. The van der Waals surface area contributed by atoms with Crippen LogP contribution in [-0.4, -0.2) is 29.7 Å². The van der Waals surface area contributed by atoms with Crippen LogP contribution in [0.2, 0.25) is 0 Å². The molecule has 1 aliphatic rings. The Balaban J connectivity index is 2.09. The van der Waals surface area contributed by atoms with Crippen molar-refractivity contribution in [2.24, 2.45) is 5.92 Å². The van der Waals surface area contributed by atoms with Gasteiger partial charge in [-0.3, -0.25) is 4.79 Å². The Labute approximate surface area is 117 Å². The molecule has 1 saturated heterocycles. The molecule has 2 rings (SSSR count). The van der Waals surface area contributed by atoms with E-state index >= 15 is 0 Å². The highest BCUT2D eigenvalue weighted by atomic mass is 16.5. The Morgan fingerprint density at radius 2 is 2.10 bits per heavy atom. The number of rotatable bonds is 5. The summed E-state index contributed by atoms with van der Waals surface area (Å²) < 4.78 is 5.48. The van der Waals surface area contributed by atoms with Crippen LogP contribution in [0, 0.1) is 5.92 Å². The summed E-state index contributed by atoms with van der Waals surface area (Å²) in [5, 5.41) is 11.9. The second-order valence-electron chi connectivity index (χ2n) is 4.90. The average molecular weight is 277 g/mol. The molecule has 20 heavy (non-hydrogen) atoms. The molecule has 5 nitrogen and oxygen atoms in total. The maximum absolute atomic E-state index is 12.2. The molecule has 3 unspecified atom stereocenters. The summed E-state index contributed by atoms with van der Waals surface area (Å²) in [6.45, 7) is 2.52. The molecular weight excluding hydrogens is 258 g/mol. The lowest BCUT2D eigenvalue weighted by Crippen LogP contribution is -2.40. The lowest BCUT2D eigenvalue weighted by atomic mass is 9.97. The Kier molecular flexibility index (Phi) is 4.74. The average Bonchev–Trinajstić information content (AvgIpc) is 2.93. The fraction of sp³-hybridized carbons (Fsp3) is 0.467. The van der Waals surface area contributed by atoms with E-state index in [1.807, 2.05) is 13.0 Å². The van der Waals surface area contributed by atoms with Crippen LogP contribution in [0.25, 0.3) is 0 Å². The van der Waals surface area contributed by atoms with E-state index in [0.717, 1.165) is 6.42 Å². The summed E-state index contributed by atoms with van der Waals surface area (Å²) in [5.74, 6) is -1.56. The summed E-state index contributed by atoms with van der Waals surface area (Å²) >= 11 is 0. The second-order valence-corrected chi connectivity index (χ2v) is 4.90. The zero-order valence-electron chi connectivity index (χ0n) is 11.4. The number of carbonyl (C=O) groups excluding carboxylic acids is 1. The minimum absolute atomic E-state index is 0.111. The third-order valence-electron chi connectivity index (χ3n) is 3.62. The maximum atomic E-state index is 12.2. The van der Waals surface area contributed by atoms with Gasteiger partial charge in [-0.2, -0.15) is 0 Å². The van der Waals surface area contributed by atoms with Gasteiger partial charge >= 0.3 is 5.97 Å². The minimum Gasteiger partial charge on any atom is -0.479 e. The van der Waals surface area contributed by atoms with E-state index in [1.54, 1.807) is 24.3 Å². The maximum Gasteiger partial charge on any atom is 0.330 e. The molecule has 0 saturated carbocycles. The zero-order chi connectivity index (χ0) is 14.5. The first-order valence-electron chi connectivity index (χ1n) is 6.83. The van der Waals surface area contributed by atoms with Gasteiger partial charge in [0.05, 0.1) is 12.0 Å². The number of nitrogens with one attached hydrogen (secondary N) is 1. The van der Waals surface area contributed by atoms with E-state index < -0.39 is 12.0 Å². The summed E-state index contributed by atoms with van der Waals surface area (Å²) in [4.78, 5) is 23.6. The largest absolute Gasteiger partial charge is 0.479 e. The van der Waals surface area contributed by atoms with Gasteiger partial charge in [-0.15, -0.1) is 0 Å². The van der Waals surface area contributed by atoms with Gasteiger partial charge in [0.2, 0.25) is 5.91 Å². The predicted octanol–water partition coefficient (Wildman–Crippen LogP) is 1.74. The zero-order valence-corrected chi connectivity index (χ0v) is 11.4. The molecule has 1 amide bonds. The quantitative estimate of drug-likeness (QED) is 0.859. The Morgan fingerprint density at radius 1 is 1.40 bits per heavy atom. The fourth-order valence-corrected chi connectivity index (χ4v) is 2.53. The van der Waals surface area contributed by atoms with Crippen molar-refractivity contribution in [1.82, 2.24) is 5.32 Å². The topological polar surface area (TPSA) is 75.6 Å². The molecule has 5 heteroatoms. The first-order chi connectivity index (χ1) is 9.63. The van der Waals surface area contributed by atoms with Gasteiger partial charge in [0.15, 0.2) is 6.04 Å². The smallest absolute Gasteiger partial charge is 0.330 e. The number of ether oxygens (including phenoxy) is 1. The number of hydrogen-bond donors (Lipinski definition) is 2. The van der Waals surface area contributed by atoms with Gasteiger partial charge in [0.25, 0.3) is 0 Å². The first-order valence-corrected chi connectivity index (χ1v) is 6.83. The molecule has 1 heterocycles. The Hall–Kier alpha value is -1.88. The van der Waals surface area contributed by atoms with Crippen LogP contribution in [0.15, 0.2) is 30.3 Å². The van der Waals surface area contributed by atoms with E-state index in [-0.39, 0.29) is 17.9 Å². The highest BCUT2D eigenvalue weighted by Gasteiger charge is 2.35. The lowest BCUT2D eigenvalue weighted by Gasteiger charge is -2.20. The number of carbonyl (C=O) groups is 2. The predicted molar refractivity (Wildman–Crippen MR) is 73.1 cm³/mol. The number of carboxylic acid groups (broad SMARTS) is 1. The van der Waals surface area contributed by atoms with Crippen LogP contribution in [0.4, 0.5) is 0 Å². The molecule has 0 spiro atoms. The molecule has 0 radical (unpaired) electrons. The van der Waals surface area contributed by atoms with Crippen molar-refractivity contribution >= 4 is 11.9 Å². The summed E-state index contributed by atoms with van der Waals surface area (Å²) in [6, 6.07) is 7.70. The second kappa shape index (κ2) is 6.52. The van der Waals surface area contributed by atoms with Crippen molar-refractivity contribution in [1.29, 1.82) is 0 Å². The summed E-state index contributed by atoms with van der Waals surface area (Å²) in [5.41, 5.74) is 0.570. The minimum atomic E-state index is -1.06. The molecule has 108 valence electrons. The van der Waals surface area contributed by atoms with Gasteiger partial charge < -0.3 is 15.2 Å². The van der Waals surface area contributed by atoms with Crippen LogP contribution >= 0.6 is 0 Å². The van der Waals surface area contributed by atoms with Gasteiger partial charge in [0, 0.05) is 6.61 Å². The molecule has 1 fully saturated rings.